The molecule has 0 radical (unpaired) electrons. The number of ether oxygens (including phenoxy) is 2. The fourth-order valence-electron chi connectivity index (χ4n) is 8.12. The lowest BCUT2D eigenvalue weighted by molar-refractivity contribution is -0.130. The maximum atomic E-state index is 17.3. The van der Waals surface area contributed by atoms with Crippen LogP contribution in [0.1, 0.15) is 44.1 Å². The van der Waals surface area contributed by atoms with Crippen LogP contribution in [0.3, 0.4) is 0 Å². The third-order valence-corrected chi connectivity index (χ3v) is 11.9. The smallest absolute Gasteiger partial charge is 0.319 e. The van der Waals surface area contributed by atoms with Crippen LogP contribution in [0.5, 0.6) is 11.8 Å². The minimum atomic E-state index is -0.967. The van der Waals surface area contributed by atoms with Gasteiger partial charge in [0.2, 0.25) is 5.91 Å². The number of hydrogen-bond donors (Lipinski definition) is 1. The number of hydrogen-bond acceptors (Lipinski definition) is 10. The molecule has 0 bridgehead atoms. The van der Waals surface area contributed by atoms with Gasteiger partial charge in [-0.15, -0.1) is 11.3 Å². The molecule has 2 aromatic heterocycles. The van der Waals surface area contributed by atoms with Crippen molar-refractivity contribution in [2.45, 2.75) is 56.3 Å². The molecule has 2 N–H and O–H groups in total. The molecule has 15 heteroatoms. The number of nitrogens with two attached hydrogens (primary N) is 1. The summed E-state index contributed by atoms with van der Waals surface area (Å²) in [7, 11) is 1.78. The van der Waals surface area contributed by atoms with E-state index in [2.05, 4.69) is 9.88 Å². The van der Waals surface area contributed by atoms with Gasteiger partial charge < -0.3 is 25.0 Å². The molecular formula is C34H33ClF3N7O3S. The topological polar surface area (TPSA) is 121 Å². The van der Waals surface area contributed by atoms with Crippen molar-refractivity contribution in [1.29, 1.82) is 5.26 Å². The second kappa shape index (κ2) is 12.1. The highest BCUT2D eigenvalue weighted by Crippen LogP contribution is 2.51. The molecule has 1 amide bonds. The van der Waals surface area contributed by atoms with E-state index in [0.29, 0.717) is 44.7 Å². The minimum absolute atomic E-state index is 0.0160. The van der Waals surface area contributed by atoms with Gasteiger partial charge in [-0.1, -0.05) is 17.7 Å². The maximum absolute atomic E-state index is 17.3. The quantitative estimate of drug-likeness (QED) is 0.269. The lowest BCUT2D eigenvalue weighted by atomic mass is 9.95. The average Bonchev–Trinajstić information content (AvgIpc) is 3.71. The molecule has 10 nitrogen and oxygen atoms in total. The largest absolute Gasteiger partial charge is 0.491 e. The van der Waals surface area contributed by atoms with Gasteiger partial charge in [0.25, 0.3) is 0 Å². The molecule has 4 aromatic rings. The summed E-state index contributed by atoms with van der Waals surface area (Å²) in [6.45, 7) is 2.43. The van der Waals surface area contributed by atoms with E-state index in [1.165, 1.54) is 12.1 Å². The van der Waals surface area contributed by atoms with Crippen LogP contribution in [-0.4, -0.2) is 89.9 Å². The Kier molecular flexibility index (Phi) is 7.92. The van der Waals surface area contributed by atoms with E-state index < -0.39 is 23.3 Å². The third kappa shape index (κ3) is 5.11. The van der Waals surface area contributed by atoms with Crippen molar-refractivity contribution >= 4 is 60.7 Å². The number of anilines is 2. The molecule has 3 fully saturated rings. The van der Waals surface area contributed by atoms with Crippen LogP contribution in [-0.2, 0) is 4.79 Å². The standard InChI is InChI=1S/C34H33ClF3N7O3S/c1-43-8-3-10-45-18(12-22(43)46)6-11-47-29-25-28(41-33(42-32(25)45)48-16-34-7-2-9-44(34)15-17(36)13-34)27(38)24(26(29)35)19-4-5-21(37)30-23(19)20(14-39)31(40)49-30/h4-5,17-18H,2-3,6-13,15-16,40H2,1H3/t17-,18?,34+/m1/s1. The third-order valence-electron chi connectivity index (χ3n) is 10.5. The number of rotatable bonds is 4. The van der Waals surface area contributed by atoms with Gasteiger partial charge in [0, 0.05) is 62.9 Å². The zero-order valence-corrected chi connectivity index (χ0v) is 28.3. The van der Waals surface area contributed by atoms with Crippen LogP contribution in [0.4, 0.5) is 24.0 Å². The normalized spacial score (nSPS) is 24.2. The highest BCUT2D eigenvalue weighted by molar-refractivity contribution is 7.23. The summed E-state index contributed by atoms with van der Waals surface area (Å²) in [6.07, 6.45) is 2.31. The Hall–Kier alpha value is -4.06. The van der Waals surface area contributed by atoms with Gasteiger partial charge in [0.1, 0.15) is 41.0 Å². The zero-order valence-electron chi connectivity index (χ0n) is 26.7. The van der Waals surface area contributed by atoms with E-state index in [1.54, 1.807) is 11.9 Å². The highest BCUT2D eigenvalue weighted by Gasteiger charge is 2.49. The van der Waals surface area contributed by atoms with Crippen molar-refractivity contribution in [3.8, 4) is 29.0 Å². The van der Waals surface area contributed by atoms with Gasteiger partial charge >= 0.3 is 6.01 Å². The molecule has 6 heterocycles. The fraction of sp³-hybridized carbons (Fsp3) is 0.471. The molecule has 2 aromatic carbocycles. The number of fused-ring (bicyclic) bond motifs is 4. The van der Waals surface area contributed by atoms with Gasteiger partial charge in [0.05, 0.1) is 32.8 Å². The summed E-state index contributed by atoms with van der Waals surface area (Å²) in [6, 6.07) is 4.17. The molecule has 3 atom stereocenters. The van der Waals surface area contributed by atoms with Crippen molar-refractivity contribution in [3.63, 3.8) is 0 Å². The number of nitrogen functional groups attached to an aromatic ring is 1. The van der Waals surface area contributed by atoms with E-state index in [9.17, 15) is 14.4 Å². The van der Waals surface area contributed by atoms with Crippen LogP contribution >= 0.6 is 22.9 Å². The highest BCUT2D eigenvalue weighted by atomic mass is 35.5. The molecule has 3 saturated heterocycles. The summed E-state index contributed by atoms with van der Waals surface area (Å²) in [5.74, 6) is -1.02. The Balaban J connectivity index is 1.35. The Labute approximate surface area is 289 Å². The van der Waals surface area contributed by atoms with Crippen molar-refractivity contribution in [1.82, 2.24) is 19.8 Å². The number of benzene rings is 2. The number of alkyl halides is 1. The first-order valence-electron chi connectivity index (χ1n) is 16.4. The van der Waals surface area contributed by atoms with E-state index in [0.717, 1.165) is 30.7 Å². The van der Waals surface area contributed by atoms with Crippen molar-refractivity contribution in [2.75, 3.05) is 57.1 Å². The number of thiophene rings is 1. The van der Waals surface area contributed by atoms with Crippen LogP contribution in [0.25, 0.3) is 32.1 Å². The molecule has 0 saturated carbocycles. The Morgan fingerprint density at radius 3 is 2.88 bits per heavy atom. The summed E-state index contributed by atoms with van der Waals surface area (Å²) in [5.41, 5.74) is 5.50. The first-order chi connectivity index (χ1) is 23.6. The Morgan fingerprint density at radius 1 is 1.22 bits per heavy atom. The SMILES string of the molecule is CN1CCCN2c3nc(OC[C@@]45CCCN4C[C@H](F)C5)nc4c(F)c(-c5ccc(F)c6sc(N)c(C#N)c56)c(Cl)c(c34)OCCC2CC1=O. The first-order valence-corrected chi connectivity index (χ1v) is 17.6. The monoisotopic (exact) mass is 711 g/mol. The van der Waals surface area contributed by atoms with Gasteiger partial charge in [-0.3, -0.25) is 9.69 Å². The van der Waals surface area contributed by atoms with E-state index in [4.69, 9.17) is 31.8 Å². The lowest BCUT2D eigenvalue weighted by Crippen LogP contribution is -2.46. The Morgan fingerprint density at radius 2 is 2.06 bits per heavy atom. The summed E-state index contributed by atoms with van der Waals surface area (Å²) in [5, 5.41) is 10.3. The second-order valence-electron chi connectivity index (χ2n) is 13.4. The minimum Gasteiger partial charge on any atom is -0.491 e. The number of carbonyl (C=O) groups excluding carboxylic acids is 1. The Bertz CT molecular complexity index is 2070. The number of carbonyl (C=O) groups is 1. The van der Waals surface area contributed by atoms with Crippen LogP contribution in [0.2, 0.25) is 5.02 Å². The molecule has 49 heavy (non-hydrogen) atoms. The van der Waals surface area contributed by atoms with Crippen molar-refractivity contribution in [3.05, 3.63) is 34.4 Å². The van der Waals surface area contributed by atoms with E-state index in [1.807, 2.05) is 11.0 Å². The molecule has 4 aliphatic heterocycles. The van der Waals surface area contributed by atoms with Gasteiger partial charge in [0.15, 0.2) is 11.6 Å². The summed E-state index contributed by atoms with van der Waals surface area (Å²) in [4.78, 5) is 28.3. The molecular weight excluding hydrogens is 679 g/mol. The van der Waals surface area contributed by atoms with E-state index >= 15 is 8.78 Å². The second-order valence-corrected chi connectivity index (χ2v) is 14.8. The van der Waals surface area contributed by atoms with Gasteiger partial charge in [-0.25, -0.2) is 13.2 Å². The number of amides is 1. The number of nitriles is 1. The number of aromatic nitrogens is 2. The predicted molar refractivity (Wildman–Crippen MR) is 181 cm³/mol. The molecule has 8 rings (SSSR count). The zero-order chi connectivity index (χ0) is 34.2. The van der Waals surface area contributed by atoms with Crippen molar-refractivity contribution in [2.24, 2.45) is 0 Å². The lowest BCUT2D eigenvalue weighted by Gasteiger charge is -2.38. The summed E-state index contributed by atoms with van der Waals surface area (Å²) < 4.78 is 59.6. The number of nitrogens with zero attached hydrogens (tertiary/aromatic N) is 6. The number of halogens is 4. The van der Waals surface area contributed by atoms with Crippen LogP contribution in [0, 0.1) is 23.0 Å². The van der Waals surface area contributed by atoms with Gasteiger partial charge in [-0.2, -0.15) is 15.2 Å². The summed E-state index contributed by atoms with van der Waals surface area (Å²) >= 11 is 7.96. The molecule has 0 aliphatic carbocycles. The van der Waals surface area contributed by atoms with Crippen LogP contribution < -0.4 is 20.1 Å². The van der Waals surface area contributed by atoms with Crippen LogP contribution in [0.15, 0.2) is 12.1 Å². The molecule has 4 aliphatic rings. The first kappa shape index (κ1) is 32.2. The molecule has 1 unspecified atom stereocenters. The maximum Gasteiger partial charge on any atom is 0.319 e. The van der Waals surface area contributed by atoms with Gasteiger partial charge in [-0.05, 0) is 37.4 Å². The molecule has 256 valence electrons. The fourth-order valence-corrected chi connectivity index (χ4v) is 9.41. The predicted octanol–water partition coefficient (Wildman–Crippen LogP) is 6.06. The van der Waals surface area contributed by atoms with Crippen molar-refractivity contribution < 1.29 is 27.4 Å². The van der Waals surface area contributed by atoms with E-state index in [-0.39, 0.29) is 91.0 Å². The molecule has 0 spiro atoms. The average molecular weight is 712 g/mol.